The minimum atomic E-state index is -2.24. The van der Waals surface area contributed by atoms with E-state index in [4.69, 9.17) is 4.74 Å². The summed E-state index contributed by atoms with van der Waals surface area (Å²) in [4.78, 5) is 55.0. The van der Waals surface area contributed by atoms with E-state index in [0.29, 0.717) is 24.3 Å². The maximum Gasteiger partial charge on any atom is 0.314 e. The summed E-state index contributed by atoms with van der Waals surface area (Å²) in [6, 6.07) is 7.70. The molecule has 6 heteroatoms. The van der Waals surface area contributed by atoms with E-state index in [2.05, 4.69) is 13.8 Å². The zero-order valence-electron chi connectivity index (χ0n) is 26.0. The molecule has 0 spiro atoms. The quantitative estimate of drug-likeness (QED) is 0.138. The summed E-state index contributed by atoms with van der Waals surface area (Å²) < 4.78 is 6.03. The van der Waals surface area contributed by atoms with E-state index in [-0.39, 0.29) is 42.6 Å². The minimum Gasteiger partial charge on any atom is -0.511 e. The van der Waals surface area contributed by atoms with Crippen molar-refractivity contribution in [3.8, 4) is 0 Å². The molecular weight excluding hydrogens is 504 g/mol. The molecule has 0 fully saturated rings. The molecule has 1 unspecified atom stereocenters. The van der Waals surface area contributed by atoms with Gasteiger partial charge >= 0.3 is 5.97 Å². The first-order valence-corrected chi connectivity index (χ1v) is 15.0. The zero-order chi connectivity index (χ0) is 30.4. The molecule has 1 aliphatic carbocycles. The lowest BCUT2D eigenvalue weighted by atomic mass is 9.78. The molecule has 40 heavy (non-hydrogen) atoms. The zero-order valence-corrected chi connectivity index (χ0v) is 26.0. The first-order valence-electron chi connectivity index (χ1n) is 15.0. The predicted octanol–water partition coefficient (Wildman–Crippen LogP) is 7.34. The number of Topliss-reactive ketones (excluding diaryl/α,β-unsaturated/α-hetero) is 3. The van der Waals surface area contributed by atoms with Gasteiger partial charge in [0.25, 0.3) is 0 Å². The van der Waals surface area contributed by atoms with Crippen LogP contribution in [0.15, 0.2) is 35.6 Å². The molecule has 0 radical (unpaired) electrons. The van der Waals surface area contributed by atoms with Crippen LogP contribution in [0.25, 0.3) is 0 Å². The van der Waals surface area contributed by atoms with Gasteiger partial charge in [-0.25, -0.2) is 0 Å². The second kappa shape index (κ2) is 14.2. The topological polar surface area (TPSA) is 97.7 Å². The van der Waals surface area contributed by atoms with Crippen LogP contribution in [0.1, 0.15) is 111 Å². The molecule has 1 N–H and O–H groups in total. The molecule has 3 atom stereocenters. The lowest BCUT2D eigenvalue weighted by molar-refractivity contribution is -0.177. The molecule has 0 aliphatic heterocycles. The van der Waals surface area contributed by atoms with Crippen molar-refractivity contribution in [1.29, 1.82) is 0 Å². The van der Waals surface area contributed by atoms with Gasteiger partial charge < -0.3 is 9.84 Å². The lowest BCUT2D eigenvalue weighted by Crippen LogP contribution is -2.54. The van der Waals surface area contributed by atoms with Crippen LogP contribution < -0.4 is 0 Å². The number of rotatable bonds is 15. The van der Waals surface area contributed by atoms with Crippen molar-refractivity contribution in [2.45, 2.75) is 112 Å². The number of aliphatic hydroxyl groups is 1. The molecule has 1 aromatic carbocycles. The maximum atomic E-state index is 14.1. The SMILES string of the molecule is CC(C)CCC(=O)[C@@]1(OC(=O)C(C)c2ccc(CC(C)C)cc2)C(=O)C(C(=O)CC(C)C)=C(O)[C@@H]1CCC(C)C. The van der Waals surface area contributed by atoms with Crippen molar-refractivity contribution in [2.75, 3.05) is 0 Å². The molecule has 2 rings (SSSR count). The van der Waals surface area contributed by atoms with E-state index < -0.39 is 46.5 Å². The average Bonchev–Trinajstić information content (AvgIpc) is 3.06. The van der Waals surface area contributed by atoms with Crippen molar-refractivity contribution in [1.82, 2.24) is 0 Å². The first kappa shape index (κ1) is 33.4. The Bertz CT molecular complexity index is 1090. The van der Waals surface area contributed by atoms with Crippen molar-refractivity contribution < 1.29 is 29.0 Å². The highest BCUT2D eigenvalue weighted by Crippen LogP contribution is 2.45. The fourth-order valence-electron chi connectivity index (χ4n) is 5.31. The summed E-state index contributed by atoms with van der Waals surface area (Å²) in [5.74, 6) is -4.08. The van der Waals surface area contributed by atoms with Crippen LogP contribution in [0.5, 0.6) is 0 Å². The summed E-state index contributed by atoms with van der Waals surface area (Å²) >= 11 is 0. The van der Waals surface area contributed by atoms with E-state index in [1.807, 2.05) is 65.8 Å². The van der Waals surface area contributed by atoms with Crippen LogP contribution in [0.3, 0.4) is 0 Å². The third-order valence-electron chi connectivity index (χ3n) is 7.65. The van der Waals surface area contributed by atoms with Gasteiger partial charge in [0.05, 0.1) is 11.8 Å². The summed E-state index contributed by atoms with van der Waals surface area (Å²) in [5, 5.41) is 11.3. The smallest absolute Gasteiger partial charge is 0.314 e. The van der Waals surface area contributed by atoms with Gasteiger partial charge in [-0.05, 0) is 61.0 Å². The maximum absolute atomic E-state index is 14.1. The van der Waals surface area contributed by atoms with Gasteiger partial charge in [-0.1, -0.05) is 86.1 Å². The Labute approximate surface area is 241 Å². The van der Waals surface area contributed by atoms with Crippen LogP contribution in [-0.4, -0.2) is 34.0 Å². The molecule has 0 saturated carbocycles. The van der Waals surface area contributed by atoms with Crippen LogP contribution in [-0.2, 0) is 30.3 Å². The fourth-order valence-corrected chi connectivity index (χ4v) is 5.31. The Kier molecular flexibility index (Phi) is 11.9. The van der Waals surface area contributed by atoms with Crippen LogP contribution in [0, 0.1) is 29.6 Å². The first-order chi connectivity index (χ1) is 18.6. The molecule has 6 nitrogen and oxygen atoms in total. The molecule has 0 amide bonds. The minimum absolute atomic E-state index is 0.00603. The summed E-state index contributed by atoms with van der Waals surface area (Å²) in [7, 11) is 0. The molecule has 1 aliphatic rings. The molecule has 0 saturated heterocycles. The summed E-state index contributed by atoms with van der Waals surface area (Å²) in [6.07, 6.45) is 2.28. The second-order valence-electron chi connectivity index (χ2n) is 13.2. The molecular formula is C34H50O6. The number of benzene rings is 1. The Morgan fingerprint density at radius 1 is 0.850 bits per heavy atom. The van der Waals surface area contributed by atoms with Crippen LogP contribution in [0.2, 0.25) is 0 Å². The molecule has 1 aromatic rings. The molecule has 0 aromatic heterocycles. The van der Waals surface area contributed by atoms with Gasteiger partial charge in [-0.2, -0.15) is 0 Å². The Morgan fingerprint density at radius 2 is 1.43 bits per heavy atom. The second-order valence-corrected chi connectivity index (χ2v) is 13.2. The number of hydrogen-bond acceptors (Lipinski definition) is 6. The number of hydrogen-bond donors (Lipinski definition) is 1. The number of ketones is 3. The van der Waals surface area contributed by atoms with Crippen molar-refractivity contribution in [2.24, 2.45) is 29.6 Å². The van der Waals surface area contributed by atoms with Gasteiger partial charge in [-0.15, -0.1) is 0 Å². The number of carbonyl (C=O) groups is 4. The fraction of sp³-hybridized carbons (Fsp3) is 0.647. The number of aliphatic hydroxyl groups excluding tert-OH is 1. The monoisotopic (exact) mass is 554 g/mol. The predicted molar refractivity (Wildman–Crippen MR) is 158 cm³/mol. The Balaban J connectivity index is 2.56. The third-order valence-corrected chi connectivity index (χ3v) is 7.65. The summed E-state index contributed by atoms with van der Waals surface area (Å²) in [6.45, 7) is 17.6. The van der Waals surface area contributed by atoms with Crippen molar-refractivity contribution >= 4 is 23.3 Å². The van der Waals surface area contributed by atoms with E-state index >= 15 is 0 Å². The number of esters is 1. The largest absolute Gasteiger partial charge is 0.511 e. The van der Waals surface area contributed by atoms with E-state index in [1.165, 1.54) is 0 Å². The van der Waals surface area contributed by atoms with Gasteiger partial charge in [0.15, 0.2) is 11.6 Å². The third kappa shape index (κ3) is 7.92. The highest BCUT2D eigenvalue weighted by atomic mass is 16.6. The Morgan fingerprint density at radius 3 is 1.93 bits per heavy atom. The van der Waals surface area contributed by atoms with Gasteiger partial charge in [-0.3, -0.25) is 19.2 Å². The van der Waals surface area contributed by atoms with Crippen LogP contribution >= 0.6 is 0 Å². The van der Waals surface area contributed by atoms with Gasteiger partial charge in [0, 0.05) is 12.8 Å². The van der Waals surface area contributed by atoms with Crippen molar-refractivity contribution in [3.63, 3.8) is 0 Å². The highest BCUT2D eigenvalue weighted by Gasteiger charge is 2.63. The standard InChI is InChI=1S/C34H50O6/c1-20(2)10-16-27-31(37)30(28(35)19-23(7)8)32(38)34(27,29(36)17-11-21(3)4)40-33(39)24(9)26-14-12-25(13-15-26)18-22(5)6/h12-15,20-24,27,37H,10-11,16-19H2,1-9H3/t24?,27-,34+/m0/s1. The molecule has 0 heterocycles. The normalized spacial score (nSPS) is 20.2. The lowest BCUT2D eigenvalue weighted by Gasteiger charge is -2.34. The van der Waals surface area contributed by atoms with E-state index in [1.54, 1.807) is 6.92 Å². The van der Waals surface area contributed by atoms with Crippen LogP contribution in [0.4, 0.5) is 0 Å². The van der Waals surface area contributed by atoms with Gasteiger partial charge in [0.1, 0.15) is 11.3 Å². The van der Waals surface area contributed by atoms with Gasteiger partial charge in [0.2, 0.25) is 11.4 Å². The Hall–Kier alpha value is -2.76. The summed E-state index contributed by atoms with van der Waals surface area (Å²) in [5.41, 5.74) is -0.751. The van der Waals surface area contributed by atoms with E-state index in [0.717, 1.165) is 12.0 Å². The van der Waals surface area contributed by atoms with Crippen molar-refractivity contribution in [3.05, 3.63) is 46.7 Å². The average molecular weight is 555 g/mol. The molecule has 222 valence electrons. The molecule has 0 bridgehead atoms. The number of carbonyl (C=O) groups excluding carboxylic acids is 4. The number of ether oxygens (including phenoxy) is 1. The highest BCUT2D eigenvalue weighted by molar-refractivity contribution is 6.32. The van der Waals surface area contributed by atoms with E-state index in [9.17, 15) is 24.3 Å².